The Hall–Kier alpha value is -2.82. The molecule has 2 aromatic rings. The van der Waals surface area contributed by atoms with E-state index in [2.05, 4.69) is 11.4 Å². The summed E-state index contributed by atoms with van der Waals surface area (Å²) < 4.78 is 5.89. The molecule has 0 bridgehead atoms. The summed E-state index contributed by atoms with van der Waals surface area (Å²) in [4.78, 5) is 27.3. The first-order valence-corrected chi connectivity index (χ1v) is 10.6. The summed E-state index contributed by atoms with van der Waals surface area (Å²) in [6.45, 7) is 12.6. The van der Waals surface area contributed by atoms with Crippen LogP contribution >= 0.6 is 0 Å². The number of hydrogen-bond donors (Lipinski definition) is 1. The lowest BCUT2D eigenvalue weighted by Gasteiger charge is -2.29. The smallest absolute Gasteiger partial charge is 0.261 e. The average Bonchev–Trinajstić information content (AvgIpc) is 2.72. The lowest BCUT2D eigenvalue weighted by Crippen LogP contribution is -2.49. The van der Waals surface area contributed by atoms with Crippen LogP contribution in [0.5, 0.6) is 5.75 Å². The molecule has 0 aliphatic carbocycles. The molecule has 0 saturated heterocycles. The van der Waals surface area contributed by atoms with Crippen LogP contribution in [-0.4, -0.2) is 35.9 Å². The van der Waals surface area contributed by atoms with Gasteiger partial charge in [0.1, 0.15) is 11.8 Å². The molecule has 0 fully saturated rings. The van der Waals surface area contributed by atoms with Crippen molar-refractivity contribution in [3.05, 3.63) is 64.2 Å². The van der Waals surface area contributed by atoms with Gasteiger partial charge in [-0.15, -0.1) is 0 Å². The number of aryl methyl sites for hydroxylation is 3. The molecule has 0 radical (unpaired) electrons. The first-order chi connectivity index (χ1) is 14.2. The molecule has 0 saturated carbocycles. The molecule has 162 valence electrons. The Kier molecular flexibility index (Phi) is 8.46. The maximum atomic E-state index is 13.1. The van der Waals surface area contributed by atoms with E-state index in [1.54, 1.807) is 11.8 Å². The summed E-state index contributed by atoms with van der Waals surface area (Å²) in [7, 11) is 0. The summed E-state index contributed by atoms with van der Waals surface area (Å²) >= 11 is 0. The summed E-state index contributed by atoms with van der Waals surface area (Å²) in [5.74, 6) is 0.340. The molecular weight excluding hydrogens is 376 g/mol. The Morgan fingerprint density at radius 2 is 1.70 bits per heavy atom. The van der Waals surface area contributed by atoms with Crippen LogP contribution in [0.4, 0.5) is 0 Å². The van der Waals surface area contributed by atoms with Gasteiger partial charge in [0.2, 0.25) is 5.91 Å². The van der Waals surface area contributed by atoms with Gasteiger partial charge in [-0.1, -0.05) is 42.8 Å². The molecule has 0 heterocycles. The number of amides is 2. The van der Waals surface area contributed by atoms with Crippen LogP contribution in [0.1, 0.15) is 48.1 Å². The zero-order chi connectivity index (χ0) is 22.3. The minimum Gasteiger partial charge on any atom is -0.483 e. The van der Waals surface area contributed by atoms with Gasteiger partial charge in [0, 0.05) is 13.1 Å². The molecule has 5 nitrogen and oxygen atoms in total. The second-order valence-electron chi connectivity index (χ2n) is 7.97. The van der Waals surface area contributed by atoms with Gasteiger partial charge in [0.05, 0.1) is 0 Å². The van der Waals surface area contributed by atoms with Gasteiger partial charge < -0.3 is 15.0 Å². The van der Waals surface area contributed by atoms with Crippen LogP contribution in [-0.2, 0) is 16.1 Å². The molecule has 30 heavy (non-hydrogen) atoms. The Balaban J connectivity index is 2.18. The number of nitrogens with one attached hydrogen (secondary N) is 1. The van der Waals surface area contributed by atoms with E-state index in [1.165, 1.54) is 0 Å². The third kappa shape index (κ3) is 6.34. The summed E-state index contributed by atoms with van der Waals surface area (Å²) in [6, 6.07) is 11.4. The lowest BCUT2D eigenvalue weighted by molar-refractivity contribution is -0.142. The SMILES string of the molecule is CCCNC(=O)[C@H](C)N(Cc1ccc(C)cc1)C(=O)COc1cc(C)cc(C)c1C. The predicted octanol–water partition coefficient (Wildman–Crippen LogP) is 4.24. The quantitative estimate of drug-likeness (QED) is 0.673. The second kappa shape index (κ2) is 10.8. The van der Waals surface area contributed by atoms with E-state index >= 15 is 0 Å². The number of carbonyl (C=O) groups is 2. The Morgan fingerprint density at radius 1 is 1.03 bits per heavy atom. The Morgan fingerprint density at radius 3 is 2.33 bits per heavy atom. The highest BCUT2D eigenvalue weighted by atomic mass is 16.5. The van der Waals surface area contributed by atoms with Gasteiger partial charge in [0.25, 0.3) is 5.91 Å². The molecule has 5 heteroatoms. The van der Waals surface area contributed by atoms with Gasteiger partial charge in [0.15, 0.2) is 6.61 Å². The van der Waals surface area contributed by atoms with Crippen molar-refractivity contribution in [1.29, 1.82) is 0 Å². The first kappa shape index (κ1) is 23.5. The number of ether oxygens (including phenoxy) is 1. The molecule has 2 aromatic carbocycles. The normalized spacial score (nSPS) is 11.7. The van der Waals surface area contributed by atoms with Crippen molar-refractivity contribution in [3.8, 4) is 5.75 Å². The van der Waals surface area contributed by atoms with Crippen molar-refractivity contribution in [2.24, 2.45) is 0 Å². The Bertz CT molecular complexity index is 875. The van der Waals surface area contributed by atoms with E-state index in [0.29, 0.717) is 18.8 Å². The van der Waals surface area contributed by atoms with Crippen LogP contribution in [0.3, 0.4) is 0 Å². The topological polar surface area (TPSA) is 58.6 Å². The van der Waals surface area contributed by atoms with E-state index < -0.39 is 6.04 Å². The number of carbonyl (C=O) groups excluding carboxylic acids is 2. The minimum absolute atomic E-state index is 0.110. The van der Waals surface area contributed by atoms with Crippen molar-refractivity contribution in [2.45, 2.75) is 60.5 Å². The summed E-state index contributed by atoms with van der Waals surface area (Å²) in [5.41, 5.74) is 5.36. The highest BCUT2D eigenvalue weighted by Crippen LogP contribution is 2.23. The van der Waals surface area contributed by atoms with Gasteiger partial charge in [-0.05, 0) is 69.4 Å². The van der Waals surface area contributed by atoms with Crippen LogP contribution in [0.25, 0.3) is 0 Å². The fraction of sp³-hybridized carbons (Fsp3) is 0.440. The van der Waals surface area contributed by atoms with Crippen molar-refractivity contribution in [2.75, 3.05) is 13.2 Å². The number of hydrogen-bond acceptors (Lipinski definition) is 3. The molecule has 2 rings (SSSR count). The van der Waals surface area contributed by atoms with E-state index in [4.69, 9.17) is 4.74 Å². The predicted molar refractivity (Wildman–Crippen MR) is 121 cm³/mol. The molecule has 0 aliphatic heterocycles. The van der Waals surface area contributed by atoms with E-state index in [1.807, 2.05) is 65.0 Å². The average molecular weight is 411 g/mol. The zero-order valence-corrected chi connectivity index (χ0v) is 19.0. The van der Waals surface area contributed by atoms with Gasteiger partial charge in [-0.2, -0.15) is 0 Å². The fourth-order valence-corrected chi connectivity index (χ4v) is 3.24. The molecule has 0 unspecified atom stereocenters. The molecular formula is C25H34N2O3. The monoisotopic (exact) mass is 410 g/mol. The fourth-order valence-electron chi connectivity index (χ4n) is 3.24. The molecule has 0 aromatic heterocycles. The maximum absolute atomic E-state index is 13.1. The van der Waals surface area contributed by atoms with Gasteiger partial charge >= 0.3 is 0 Å². The van der Waals surface area contributed by atoms with Crippen molar-refractivity contribution in [1.82, 2.24) is 10.2 Å². The highest BCUT2D eigenvalue weighted by Gasteiger charge is 2.26. The van der Waals surface area contributed by atoms with Crippen molar-refractivity contribution < 1.29 is 14.3 Å². The number of rotatable bonds is 9. The van der Waals surface area contributed by atoms with Crippen LogP contribution in [0, 0.1) is 27.7 Å². The van der Waals surface area contributed by atoms with Crippen molar-refractivity contribution in [3.63, 3.8) is 0 Å². The third-order valence-electron chi connectivity index (χ3n) is 5.31. The lowest BCUT2D eigenvalue weighted by atomic mass is 10.1. The summed E-state index contributed by atoms with van der Waals surface area (Å²) in [6.07, 6.45) is 0.847. The van der Waals surface area contributed by atoms with E-state index in [-0.39, 0.29) is 18.4 Å². The molecule has 0 spiro atoms. The number of benzene rings is 2. The first-order valence-electron chi connectivity index (χ1n) is 10.6. The number of nitrogens with zero attached hydrogens (tertiary/aromatic N) is 1. The third-order valence-corrected chi connectivity index (χ3v) is 5.31. The highest BCUT2D eigenvalue weighted by molar-refractivity contribution is 5.88. The van der Waals surface area contributed by atoms with Crippen molar-refractivity contribution >= 4 is 11.8 Å². The molecule has 2 amide bonds. The van der Waals surface area contributed by atoms with E-state index in [0.717, 1.165) is 34.2 Å². The molecule has 1 N–H and O–H groups in total. The standard InChI is InChI=1S/C25H34N2O3/c1-7-12-26-25(29)21(6)27(15-22-10-8-17(2)9-11-22)24(28)16-30-23-14-18(3)13-19(4)20(23)5/h8-11,13-14,21H,7,12,15-16H2,1-6H3,(H,26,29)/t21-/m0/s1. The van der Waals surface area contributed by atoms with Crippen LogP contribution in [0.2, 0.25) is 0 Å². The second-order valence-corrected chi connectivity index (χ2v) is 7.97. The van der Waals surface area contributed by atoms with Crippen LogP contribution in [0.15, 0.2) is 36.4 Å². The Labute approximate surface area is 180 Å². The zero-order valence-electron chi connectivity index (χ0n) is 19.0. The van der Waals surface area contributed by atoms with E-state index in [9.17, 15) is 9.59 Å². The van der Waals surface area contributed by atoms with Crippen LogP contribution < -0.4 is 10.1 Å². The largest absolute Gasteiger partial charge is 0.483 e. The summed E-state index contributed by atoms with van der Waals surface area (Å²) in [5, 5.41) is 2.89. The molecule has 1 atom stereocenters. The molecule has 0 aliphatic rings. The minimum atomic E-state index is -0.589. The maximum Gasteiger partial charge on any atom is 0.261 e. The van der Waals surface area contributed by atoms with Gasteiger partial charge in [-0.3, -0.25) is 9.59 Å². The van der Waals surface area contributed by atoms with Gasteiger partial charge in [-0.25, -0.2) is 0 Å².